The molecule has 74 valence electrons. The van der Waals surface area contributed by atoms with Gasteiger partial charge in [-0.25, -0.2) is 0 Å². The normalized spacial score (nSPS) is 10.7. The van der Waals surface area contributed by atoms with Crippen LogP contribution in [0.25, 0.3) is 0 Å². The monoisotopic (exact) mass is 192 g/mol. The van der Waals surface area contributed by atoms with Crippen LogP contribution in [-0.4, -0.2) is 20.6 Å². The first-order valence-corrected chi connectivity index (χ1v) is 4.08. The molecule has 0 atom stereocenters. The Morgan fingerprint density at radius 3 is 2.50 bits per heavy atom. The van der Waals surface area contributed by atoms with Crippen LogP contribution in [0.15, 0.2) is 0 Å². The number of aryl methyl sites for hydroxylation is 1. The molecule has 1 rings (SSSR count). The second-order valence-corrected chi connectivity index (χ2v) is 3.28. The molecule has 0 aliphatic rings. The Bertz CT molecular complexity index is 361. The molecule has 0 amide bonds. The average Bonchev–Trinajstić information content (AvgIpc) is 2.01. The van der Waals surface area contributed by atoms with Crippen molar-refractivity contribution in [3.63, 3.8) is 0 Å². The van der Waals surface area contributed by atoms with Gasteiger partial charge in [0.05, 0.1) is 0 Å². The Morgan fingerprint density at radius 1 is 1.36 bits per heavy atom. The number of hydrogen-bond acceptors (Lipinski definition) is 5. The minimum absolute atomic E-state index is 0.125. The van der Waals surface area contributed by atoms with E-state index in [1.54, 1.807) is 20.8 Å². The van der Waals surface area contributed by atoms with E-state index in [1.807, 2.05) is 0 Å². The molecule has 0 spiro atoms. The van der Waals surface area contributed by atoms with Crippen LogP contribution in [0.5, 0.6) is 6.01 Å². The predicted octanol–water partition coefficient (Wildman–Crippen LogP) is 0.553. The van der Waals surface area contributed by atoms with Crippen LogP contribution in [0.2, 0.25) is 0 Å². The zero-order valence-corrected chi connectivity index (χ0v) is 8.40. The van der Waals surface area contributed by atoms with Crippen molar-refractivity contribution < 1.29 is 4.74 Å². The summed E-state index contributed by atoms with van der Waals surface area (Å²) in [5.74, 6) is 3.09. The smallest absolute Gasteiger partial charge is 0.322 e. The Kier molecular flexibility index (Phi) is 2.56. The summed E-state index contributed by atoms with van der Waals surface area (Å²) in [4.78, 5) is 11.6. The second kappa shape index (κ2) is 3.50. The van der Waals surface area contributed by atoms with Crippen molar-refractivity contribution in [2.75, 3.05) is 5.73 Å². The topological polar surface area (TPSA) is 73.9 Å². The van der Waals surface area contributed by atoms with Crippen molar-refractivity contribution in [1.82, 2.24) is 15.0 Å². The number of hydrogen-bond donors (Lipinski definition) is 1. The van der Waals surface area contributed by atoms with Gasteiger partial charge in [0, 0.05) is 0 Å². The highest BCUT2D eigenvalue weighted by Crippen LogP contribution is 2.13. The van der Waals surface area contributed by atoms with Crippen LogP contribution in [-0.2, 0) is 0 Å². The predicted molar refractivity (Wildman–Crippen MR) is 52.5 cm³/mol. The van der Waals surface area contributed by atoms with Gasteiger partial charge in [0.25, 0.3) is 0 Å². The van der Waals surface area contributed by atoms with Gasteiger partial charge < -0.3 is 10.5 Å². The third-order valence-electron chi connectivity index (χ3n) is 1.44. The zero-order valence-electron chi connectivity index (χ0n) is 8.40. The molecule has 0 bridgehead atoms. The van der Waals surface area contributed by atoms with Gasteiger partial charge in [0.15, 0.2) is 5.60 Å². The van der Waals surface area contributed by atoms with Crippen molar-refractivity contribution in [1.29, 1.82) is 0 Å². The number of nitrogen functional groups attached to an aromatic ring is 1. The SMILES string of the molecule is C#CC(C)(C)Oc1nc(C)nc(N)n1. The summed E-state index contributed by atoms with van der Waals surface area (Å²) in [6.45, 7) is 5.18. The summed E-state index contributed by atoms with van der Waals surface area (Å²) in [6.07, 6.45) is 5.25. The Balaban J connectivity index is 2.94. The molecular formula is C9H12N4O. The minimum Gasteiger partial charge on any atom is -0.444 e. The molecule has 0 aromatic carbocycles. The fraction of sp³-hybridized carbons (Fsp3) is 0.444. The van der Waals surface area contributed by atoms with Crippen LogP contribution in [0, 0.1) is 19.3 Å². The number of aromatic nitrogens is 3. The molecule has 0 aliphatic carbocycles. The fourth-order valence-corrected chi connectivity index (χ4v) is 0.781. The van der Waals surface area contributed by atoms with Gasteiger partial charge in [-0.05, 0) is 20.8 Å². The van der Waals surface area contributed by atoms with E-state index in [4.69, 9.17) is 16.9 Å². The molecule has 0 radical (unpaired) electrons. The number of terminal acetylenes is 1. The van der Waals surface area contributed by atoms with E-state index in [1.165, 1.54) is 0 Å². The highest BCUT2D eigenvalue weighted by Gasteiger charge is 2.17. The van der Waals surface area contributed by atoms with Gasteiger partial charge in [-0.1, -0.05) is 5.92 Å². The number of nitrogens with zero attached hydrogens (tertiary/aromatic N) is 3. The molecular weight excluding hydrogens is 180 g/mol. The van der Waals surface area contributed by atoms with Crippen molar-refractivity contribution in [3.05, 3.63) is 5.82 Å². The molecule has 2 N–H and O–H groups in total. The van der Waals surface area contributed by atoms with Crippen LogP contribution in [0.4, 0.5) is 5.95 Å². The molecule has 1 aromatic heterocycles. The minimum atomic E-state index is -0.750. The van der Waals surface area contributed by atoms with Gasteiger partial charge in [-0.3, -0.25) is 0 Å². The van der Waals surface area contributed by atoms with E-state index in [2.05, 4.69) is 20.9 Å². The summed E-state index contributed by atoms with van der Waals surface area (Å²) in [7, 11) is 0. The Morgan fingerprint density at radius 2 is 2.00 bits per heavy atom. The molecule has 1 heterocycles. The van der Waals surface area contributed by atoms with Gasteiger partial charge in [-0.15, -0.1) is 6.42 Å². The third kappa shape index (κ3) is 2.59. The summed E-state index contributed by atoms with van der Waals surface area (Å²) in [5.41, 5.74) is 4.68. The molecule has 0 fully saturated rings. The molecule has 1 aromatic rings. The summed E-state index contributed by atoms with van der Waals surface area (Å²) in [5, 5.41) is 0. The van der Waals surface area contributed by atoms with E-state index in [0.717, 1.165) is 0 Å². The Labute approximate surface area is 82.7 Å². The number of rotatable bonds is 2. The van der Waals surface area contributed by atoms with Crippen LogP contribution >= 0.6 is 0 Å². The average molecular weight is 192 g/mol. The van der Waals surface area contributed by atoms with Gasteiger partial charge >= 0.3 is 6.01 Å². The lowest BCUT2D eigenvalue weighted by Crippen LogP contribution is -2.27. The lowest BCUT2D eigenvalue weighted by atomic mass is 10.2. The molecule has 0 aliphatic heterocycles. The first kappa shape index (κ1) is 10.3. The summed E-state index contributed by atoms with van der Waals surface area (Å²) < 4.78 is 5.33. The van der Waals surface area contributed by atoms with E-state index in [9.17, 15) is 0 Å². The van der Waals surface area contributed by atoms with Crippen molar-refractivity contribution in [2.24, 2.45) is 0 Å². The van der Waals surface area contributed by atoms with Crippen molar-refractivity contribution in [3.8, 4) is 18.4 Å². The number of anilines is 1. The van der Waals surface area contributed by atoms with Gasteiger partial charge in [0.1, 0.15) is 5.82 Å². The second-order valence-electron chi connectivity index (χ2n) is 3.28. The van der Waals surface area contributed by atoms with Crippen LogP contribution < -0.4 is 10.5 Å². The lowest BCUT2D eigenvalue weighted by molar-refractivity contribution is 0.155. The summed E-state index contributed by atoms with van der Waals surface area (Å²) >= 11 is 0. The molecule has 0 unspecified atom stereocenters. The standard InChI is InChI=1S/C9H12N4O/c1-5-9(3,4)14-8-12-6(2)11-7(10)13-8/h1H,2-4H3,(H2,10,11,12,13). The van der Waals surface area contributed by atoms with Crippen LogP contribution in [0.1, 0.15) is 19.7 Å². The maximum atomic E-state index is 5.43. The molecule has 5 nitrogen and oxygen atoms in total. The number of nitrogens with two attached hydrogens (primary N) is 1. The molecule has 5 heteroatoms. The van der Waals surface area contributed by atoms with E-state index >= 15 is 0 Å². The highest BCUT2D eigenvalue weighted by atomic mass is 16.5. The van der Waals surface area contributed by atoms with Gasteiger partial charge in [-0.2, -0.15) is 15.0 Å². The Hall–Kier alpha value is -1.83. The van der Waals surface area contributed by atoms with Crippen LogP contribution in [0.3, 0.4) is 0 Å². The lowest BCUT2D eigenvalue weighted by Gasteiger charge is -2.18. The van der Waals surface area contributed by atoms with E-state index < -0.39 is 5.60 Å². The molecule has 0 saturated heterocycles. The van der Waals surface area contributed by atoms with Crippen molar-refractivity contribution >= 4 is 5.95 Å². The van der Waals surface area contributed by atoms with E-state index in [0.29, 0.717) is 5.82 Å². The maximum Gasteiger partial charge on any atom is 0.322 e. The quantitative estimate of drug-likeness (QED) is 0.693. The maximum absolute atomic E-state index is 5.43. The largest absolute Gasteiger partial charge is 0.444 e. The fourth-order valence-electron chi connectivity index (χ4n) is 0.781. The first-order valence-electron chi connectivity index (χ1n) is 4.08. The zero-order chi connectivity index (χ0) is 10.8. The summed E-state index contributed by atoms with van der Waals surface area (Å²) in [6, 6.07) is 0.151. The number of ether oxygens (including phenoxy) is 1. The van der Waals surface area contributed by atoms with Gasteiger partial charge in [0.2, 0.25) is 5.95 Å². The third-order valence-corrected chi connectivity index (χ3v) is 1.44. The first-order chi connectivity index (χ1) is 6.43. The van der Waals surface area contributed by atoms with E-state index in [-0.39, 0.29) is 12.0 Å². The van der Waals surface area contributed by atoms with Crippen molar-refractivity contribution in [2.45, 2.75) is 26.4 Å². The highest BCUT2D eigenvalue weighted by molar-refractivity contribution is 5.19. The molecule has 0 saturated carbocycles. The molecule has 14 heavy (non-hydrogen) atoms.